The van der Waals surface area contributed by atoms with E-state index in [0.29, 0.717) is 28.4 Å². The molecular formula is C19H22Cl2N2O. The highest BCUT2D eigenvalue weighted by molar-refractivity contribution is 6.37. The molecule has 1 unspecified atom stereocenters. The number of hydrogen-bond acceptors (Lipinski definition) is 3. The molecule has 1 aliphatic heterocycles. The second kappa shape index (κ2) is 8.70. The maximum absolute atomic E-state index is 6.13. The van der Waals surface area contributed by atoms with Gasteiger partial charge in [-0.05, 0) is 49.6 Å². The minimum absolute atomic E-state index is 0.469. The van der Waals surface area contributed by atoms with Crippen LogP contribution in [0.15, 0.2) is 42.7 Å². The average Bonchev–Trinajstić information content (AvgIpc) is 2.62. The van der Waals surface area contributed by atoms with E-state index in [1.54, 1.807) is 12.1 Å². The number of benzene rings is 1. The lowest BCUT2D eigenvalue weighted by Crippen LogP contribution is -2.34. The lowest BCUT2D eigenvalue weighted by molar-refractivity contribution is 0.137. The summed E-state index contributed by atoms with van der Waals surface area (Å²) in [5, 5.41) is 1.13. The van der Waals surface area contributed by atoms with Crippen molar-refractivity contribution in [2.45, 2.75) is 31.7 Å². The van der Waals surface area contributed by atoms with Gasteiger partial charge in [0.15, 0.2) is 5.75 Å². The van der Waals surface area contributed by atoms with E-state index >= 15 is 0 Å². The molecule has 1 aromatic carbocycles. The van der Waals surface area contributed by atoms with Crippen molar-refractivity contribution in [3.63, 3.8) is 0 Å². The summed E-state index contributed by atoms with van der Waals surface area (Å²) in [6, 6.07) is 10.1. The fourth-order valence-corrected chi connectivity index (χ4v) is 3.78. The first-order valence-electron chi connectivity index (χ1n) is 8.46. The van der Waals surface area contributed by atoms with E-state index in [1.165, 1.54) is 24.8 Å². The zero-order valence-corrected chi connectivity index (χ0v) is 15.1. The first kappa shape index (κ1) is 17.5. The van der Waals surface area contributed by atoms with Gasteiger partial charge in [0, 0.05) is 25.0 Å². The molecule has 1 atom stereocenters. The summed E-state index contributed by atoms with van der Waals surface area (Å²) < 4.78 is 5.80. The number of pyridine rings is 1. The second-order valence-corrected chi connectivity index (χ2v) is 6.90. The van der Waals surface area contributed by atoms with Crippen molar-refractivity contribution < 1.29 is 4.74 Å². The van der Waals surface area contributed by atoms with Crippen molar-refractivity contribution in [1.29, 1.82) is 0 Å². The van der Waals surface area contributed by atoms with Gasteiger partial charge < -0.3 is 4.74 Å². The van der Waals surface area contributed by atoms with Crippen LogP contribution in [0.25, 0.3) is 0 Å². The van der Waals surface area contributed by atoms with Crippen LogP contribution in [0.3, 0.4) is 0 Å². The van der Waals surface area contributed by atoms with Crippen molar-refractivity contribution in [2.24, 2.45) is 0 Å². The van der Waals surface area contributed by atoms with E-state index in [9.17, 15) is 0 Å². The van der Waals surface area contributed by atoms with Crippen molar-refractivity contribution in [2.75, 3.05) is 19.7 Å². The van der Waals surface area contributed by atoms with E-state index in [1.807, 2.05) is 24.5 Å². The number of hydrogen-bond donors (Lipinski definition) is 0. The van der Waals surface area contributed by atoms with E-state index in [2.05, 4.69) is 16.0 Å². The van der Waals surface area contributed by atoms with Gasteiger partial charge in [-0.25, -0.2) is 0 Å². The van der Waals surface area contributed by atoms with Crippen LogP contribution in [0.4, 0.5) is 0 Å². The van der Waals surface area contributed by atoms with Crippen LogP contribution in [0.2, 0.25) is 10.0 Å². The number of likely N-dealkylation sites (tertiary alicyclic amines) is 1. The minimum atomic E-state index is 0.469. The smallest absolute Gasteiger partial charge is 0.156 e. The van der Waals surface area contributed by atoms with Gasteiger partial charge in [-0.15, -0.1) is 0 Å². The molecule has 0 bridgehead atoms. The Morgan fingerprint density at radius 2 is 1.96 bits per heavy atom. The standard InChI is InChI=1S/C19H22Cl2N2O/c20-16-7-3-8-17(21)19(16)24-13-5-12-23-11-2-1-9-18(23)15-6-4-10-22-14-15/h3-4,6-8,10,14,18H,1-2,5,9,11-13H2. The lowest BCUT2D eigenvalue weighted by atomic mass is 9.96. The van der Waals surface area contributed by atoms with Gasteiger partial charge in [0.1, 0.15) is 0 Å². The summed E-state index contributed by atoms with van der Waals surface area (Å²) in [4.78, 5) is 6.81. The number of piperidine rings is 1. The average molecular weight is 365 g/mol. The Kier molecular flexibility index (Phi) is 6.36. The quantitative estimate of drug-likeness (QED) is 0.642. The molecule has 0 aliphatic carbocycles. The highest BCUT2D eigenvalue weighted by Gasteiger charge is 2.23. The fourth-order valence-electron chi connectivity index (χ4n) is 3.27. The van der Waals surface area contributed by atoms with Crippen LogP contribution < -0.4 is 4.74 Å². The molecule has 2 aromatic rings. The largest absolute Gasteiger partial charge is 0.490 e. The molecule has 0 saturated carbocycles. The topological polar surface area (TPSA) is 25.4 Å². The molecule has 0 amide bonds. The number of nitrogens with zero attached hydrogens (tertiary/aromatic N) is 2. The van der Waals surface area contributed by atoms with Crippen LogP contribution in [-0.2, 0) is 0 Å². The number of halogens is 2. The Morgan fingerprint density at radius 3 is 2.71 bits per heavy atom. The zero-order chi connectivity index (χ0) is 16.8. The molecule has 128 valence electrons. The molecule has 24 heavy (non-hydrogen) atoms. The van der Waals surface area contributed by atoms with E-state index in [-0.39, 0.29) is 0 Å². The summed E-state index contributed by atoms with van der Waals surface area (Å²) in [5.41, 5.74) is 1.31. The second-order valence-electron chi connectivity index (χ2n) is 6.09. The molecule has 1 saturated heterocycles. The third-order valence-electron chi connectivity index (χ3n) is 4.44. The number of ether oxygens (including phenoxy) is 1. The van der Waals surface area contributed by atoms with Gasteiger partial charge in [-0.2, -0.15) is 0 Å². The normalized spacial score (nSPS) is 18.5. The Hall–Kier alpha value is -1.29. The molecule has 3 rings (SSSR count). The first-order valence-corrected chi connectivity index (χ1v) is 9.22. The number of aromatic nitrogens is 1. The molecule has 1 aromatic heterocycles. The molecule has 0 N–H and O–H groups in total. The number of rotatable bonds is 6. The third kappa shape index (κ3) is 4.41. The van der Waals surface area contributed by atoms with E-state index in [0.717, 1.165) is 19.5 Å². The molecular weight excluding hydrogens is 343 g/mol. The van der Waals surface area contributed by atoms with E-state index in [4.69, 9.17) is 27.9 Å². The first-order chi connectivity index (χ1) is 11.8. The van der Waals surface area contributed by atoms with Crippen molar-refractivity contribution >= 4 is 23.2 Å². The summed E-state index contributed by atoms with van der Waals surface area (Å²) in [5.74, 6) is 0.586. The van der Waals surface area contributed by atoms with Gasteiger partial charge in [-0.1, -0.05) is 41.8 Å². The SMILES string of the molecule is Clc1cccc(Cl)c1OCCCN1CCCCC1c1cccnc1. The molecule has 5 heteroatoms. The molecule has 2 heterocycles. The van der Waals surface area contributed by atoms with Gasteiger partial charge in [-0.3, -0.25) is 9.88 Å². The van der Waals surface area contributed by atoms with Crippen molar-refractivity contribution in [3.05, 3.63) is 58.3 Å². The predicted octanol–water partition coefficient (Wildman–Crippen LogP) is 5.38. The van der Waals surface area contributed by atoms with Gasteiger partial charge >= 0.3 is 0 Å². The molecule has 1 aliphatic rings. The van der Waals surface area contributed by atoms with Crippen LogP contribution in [0.5, 0.6) is 5.75 Å². The monoisotopic (exact) mass is 364 g/mol. The van der Waals surface area contributed by atoms with Crippen LogP contribution in [-0.4, -0.2) is 29.6 Å². The summed E-state index contributed by atoms with van der Waals surface area (Å²) in [6.07, 6.45) is 8.50. The highest BCUT2D eigenvalue weighted by Crippen LogP contribution is 2.33. The fraction of sp³-hybridized carbons (Fsp3) is 0.421. The predicted molar refractivity (Wildman–Crippen MR) is 99.0 cm³/mol. The van der Waals surface area contributed by atoms with Crippen LogP contribution in [0, 0.1) is 0 Å². The Morgan fingerprint density at radius 1 is 1.12 bits per heavy atom. The van der Waals surface area contributed by atoms with Gasteiger partial charge in [0.05, 0.1) is 16.7 Å². The van der Waals surface area contributed by atoms with Crippen molar-refractivity contribution in [1.82, 2.24) is 9.88 Å². The van der Waals surface area contributed by atoms with E-state index < -0.39 is 0 Å². The zero-order valence-electron chi connectivity index (χ0n) is 13.6. The summed E-state index contributed by atoms with van der Waals surface area (Å²) in [6.45, 7) is 2.74. The molecule has 3 nitrogen and oxygen atoms in total. The maximum Gasteiger partial charge on any atom is 0.156 e. The minimum Gasteiger partial charge on any atom is -0.490 e. The molecule has 0 radical (unpaired) electrons. The lowest BCUT2D eigenvalue weighted by Gasteiger charge is -2.35. The van der Waals surface area contributed by atoms with Gasteiger partial charge in [0.2, 0.25) is 0 Å². The molecule has 1 fully saturated rings. The number of para-hydroxylation sites is 1. The maximum atomic E-state index is 6.13. The van der Waals surface area contributed by atoms with Crippen molar-refractivity contribution in [3.8, 4) is 5.75 Å². The van der Waals surface area contributed by atoms with Gasteiger partial charge in [0.25, 0.3) is 0 Å². The third-order valence-corrected chi connectivity index (χ3v) is 5.03. The molecule has 0 spiro atoms. The highest BCUT2D eigenvalue weighted by atomic mass is 35.5. The van der Waals surface area contributed by atoms with Crippen LogP contribution in [0.1, 0.15) is 37.3 Å². The summed E-state index contributed by atoms with van der Waals surface area (Å²) in [7, 11) is 0. The Labute approximate surface area is 153 Å². The Balaban J connectivity index is 1.53. The Bertz CT molecular complexity index is 631. The van der Waals surface area contributed by atoms with Crippen LogP contribution >= 0.6 is 23.2 Å². The summed E-state index contributed by atoms with van der Waals surface area (Å²) >= 11 is 12.3.